The Balaban J connectivity index is 2.11. The predicted molar refractivity (Wildman–Crippen MR) is 109 cm³/mol. The molecule has 0 N–H and O–H groups in total. The lowest BCUT2D eigenvalue weighted by atomic mass is 9.78. The number of fused-ring (bicyclic) bond motifs is 3. The van der Waals surface area contributed by atoms with Gasteiger partial charge >= 0.3 is 0 Å². The minimum absolute atomic E-state index is 0.310. The normalized spacial score (nSPS) is 19.4. The fourth-order valence-electron chi connectivity index (χ4n) is 4.49. The van der Waals surface area contributed by atoms with Crippen molar-refractivity contribution in [3.05, 3.63) is 77.0 Å². The summed E-state index contributed by atoms with van der Waals surface area (Å²) in [6, 6.07) is 16.2. The van der Waals surface area contributed by atoms with Crippen LogP contribution in [-0.2, 0) is 12.5 Å². The topological polar surface area (TPSA) is 3.88 Å². The van der Waals surface area contributed by atoms with E-state index >= 15 is 0 Å². The molecule has 1 heteroatoms. The molecule has 0 saturated heterocycles. The molecule has 0 bridgehead atoms. The van der Waals surface area contributed by atoms with E-state index in [9.17, 15) is 0 Å². The van der Waals surface area contributed by atoms with E-state index in [0.29, 0.717) is 5.56 Å². The second kappa shape index (κ2) is 5.81. The van der Waals surface area contributed by atoms with Crippen LogP contribution < -0.4 is 4.57 Å². The standard InChI is InChI=1S/C25H28N/c1-16(2)18-10-9-11-20-23(18)19-14-13-17(3)22(24(19)25(20,4)5)21-12-7-8-15-26(21)6/h7-16H,1-6H3/q+1/i1D3,16D. The SMILES string of the molecule is [2H]C([2H])([2H])C([2H])(C)c1cccc2c1-c1ccc(C)c(-c3cccc[n+]3C)c1C2(C)C. The molecule has 1 aliphatic carbocycles. The van der Waals surface area contributed by atoms with Crippen LogP contribution in [0.1, 0.15) is 61.3 Å². The summed E-state index contributed by atoms with van der Waals surface area (Å²) in [7, 11) is 2.05. The highest BCUT2D eigenvalue weighted by atomic mass is 14.9. The van der Waals surface area contributed by atoms with E-state index in [1.807, 2.05) is 37.5 Å². The molecule has 2 aromatic carbocycles. The fraction of sp³-hybridized carbons (Fsp3) is 0.320. The van der Waals surface area contributed by atoms with Crippen LogP contribution in [0.25, 0.3) is 22.4 Å². The van der Waals surface area contributed by atoms with Crippen LogP contribution in [0.4, 0.5) is 0 Å². The van der Waals surface area contributed by atoms with E-state index in [4.69, 9.17) is 5.48 Å². The third-order valence-corrected chi connectivity index (χ3v) is 5.76. The van der Waals surface area contributed by atoms with E-state index in [0.717, 1.165) is 22.4 Å². The maximum Gasteiger partial charge on any atom is 0.212 e. The van der Waals surface area contributed by atoms with Gasteiger partial charge in [-0.3, -0.25) is 0 Å². The van der Waals surface area contributed by atoms with Gasteiger partial charge in [-0.25, -0.2) is 4.57 Å². The Bertz CT molecular complexity index is 1160. The Labute approximate surface area is 163 Å². The first-order valence-corrected chi connectivity index (χ1v) is 9.12. The summed E-state index contributed by atoms with van der Waals surface area (Å²) in [5.41, 5.74) is 7.99. The molecular weight excluding hydrogens is 314 g/mol. The van der Waals surface area contributed by atoms with Crippen LogP contribution in [0.3, 0.4) is 0 Å². The molecule has 1 atom stereocenters. The molecule has 1 aliphatic rings. The largest absolute Gasteiger partial charge is 0.212 e. The molecule has 0 aliphatic heterocycles. The predicted octanol–water partition coefficient (Wildman–Crippen LogP) is 5.92. The fourth-order valence-corrected chi connectivity index (χ4v) is 4.49. The highest BCUT2D eigenvalue weighted by Crippen LogP contribution is 2.54. The molecule has 3 aromatic rings. The third-order valence-electron chi connectivity index (χ3n) is 5.76. The lowest BCUT2D eigenvalue weighted by Gasteiger charge is -2.24. The molecule has 1 nitrogen and oxygen atoms in total. The number of aryl methyl sites for hydroxylation is 2. The van der Waals surface area contributed by atoms with Gasteiger partial charge in [-0.15, -0.1) is 0 Å². The maximum absolute atomic E-state index is 8.79. The molecule has 0 spiro atoms. The van der Waals surface area contributed by atoms with E-state index < -0.39 is 12.7 Å². The number of benzene rings is 2. The summed E-state index contributed by atoms with van der Waals surface area (Å²) < 4.78 is 34.9. The summed E-state index contributed by atoms with van der Waals surface area (Å²) in [6.45, 7) is 5.61. The third kappa shape index (κ3) is 2.26. The van der Waals surface area contributed by atoms with Crippen molar-refractivity contribution in [2.75, 3.05) is 0 Å². The number of hydrogen-bond acceptors (Lipinski definition) is 0. The van der Waals surface area contributed by atoms with Gasteiger partial charge in [-0.1, -0.05) is 58.0 Å². The highest BCUT2D eigenvalue weighted by Gasteiger charge is 2.40. The van der Waals surface area contributed by atoms with E-state index in [1.165, 1.54) is 23.6 Å². The Morgan fingerprint density at radius 2 is 1.85 bits per heavy atom. The number of aromatic nitrogens is 1. The summed E-state index contributed by atoms with van der Waals surface area (Å²) in [6.07, 6.45) is 2.05. The minimum Gasteiger partial charge on any atom is -0.201 e. The van der Waals surface area contributed by atoms with E-state index in [1.54, 1.807) is 0 Å². The van der Waals surface area contributed by atoms with Crippen molar-refractivity contribution in [2.45, 2.75) is 45.9 Å². The lowest BCUT2D eigenvalue weighted by molar-refractivity contribution is -0.660. The second-order valence-electron chi connectivity index (χ2n) is 7.85. The Morgan fingerprint density at radius 3 is 2.58 bits per heavy atom. The smallest absolute Gasteiger partial charge is 0.201 e. The van der Waals surface area contributed by atoms with Crippen LogP contribution in [0.5, 0.6) is 0 Å². The Kier molecular flexibility index (Phi) is 2.87. The molecule has 0 amide bonds. The summed E-state index contributed by atoms with van der Waals surface area (Å²) in [4.78, 5) is 0. The van der Waals surface area contributed by atoms with Gasteiger partial charge in [0.25, 0.3) is 0 Å². The van der Waals surface area contributed by atoms with Gasteiger partial charge < -0.3 is 0 Å². The van der Waals surface area contributed by atoms with Gasteiger partial charge in [0, 0.05) is 23.0 Å². The molecule has 1 heterocycles. The van der Waals surface area contributed by atoms with Gasteiger partial charge in [0.15, 0.2) is 6.20 Å². The lowest BCUT2D eigenvalue weighted by Crippen LogP contribution is -2.31. The van der Waals surface area contributed by atoms with Crippen molar-refractivity contribution in [2.24, 2.45) is 7.05 Å². The van der Waals surface area contributed by atoms with Crippen LogP contribution in [0, 0.1) is 6.92 Å². The first-order valence-electron chi connectivity index (χ1n) is 11.1. The molecule has 1 aromatic heterocycles. The van der Waals surface area contributed by atoms with Gasteiger partial charge in [-0.05, 0) is 52.3 Å². The van der Waals surface area contributed by atoms with E-state index in [2.05, 4.69) is 49.6 Å². The number of rotatable bonds is 2. The zero-order chi connectivity index (χ0) is 22.1. The van der Waals surface area contributed by atoms with Crippen LogP contribution in [0.2, 0.25) is 0 Å². The van der Waals surface area contributed by atoms with Crippen LogP contribution in [0.15, 0.2) is 54.7 Å². The van der Waals surface area contributed by atoms with Crippen molar-refractivity contribution in [1.82, 2.24) is 0 Å². The molecule has 26 heavy (non-hydrogen) atoms. The van der Waals surface area contributed by atoms with Crippen LogP contribution >= 0.6 is 0 Å². The van der Waals surface area contributed by atoms with Gasteiger partial charge in [0.05, 0.1) is 5.56 Å². The maximum atomic E-state index is 8.79. The zero-order valence-corrected chi connectivity index (χ0v) is 16.1. The average Bonchev–Trinajstić information content (AvgIpc) is 2.89. The molecular formula is C25H28N+. The van der Waals surface area contributed by atoms with Crippen molar-refractivity contribution >= 4 is 0 Å². The molecule has 4 rings (SSSR count). The van der Waals surface area contributed by atoms with Gasteiger partial charge in [0.2, 0.25) is 5.69 Å². The first kappa shape index (κ1) is 12.9. The summed E-state index contributed by atoms with van der Waals surface area (Å²) in [5, 5.41) is 0. The highest BCUT2D eigenvalue weighted by molar-refractivity contribution is 5.90. The van der Waals surface area contributed by atoms with Crippen molar-refractivity contribution in [1.29, 1.82) is 0 Å². The summed E-state index contributed by atoms with van der Waals surface area (Å²) >= 11 is 0. The molecule has 1 unspecified atom stereocenters. The van der Waals surface area contributed by atoms with E-state index in [-0.39, 0.29) is 5.41 Å². The molecule has 132 valence electrons. The number of pyridine rings is 1. The molecule has 0 saturated carbocycles. The minimum atomic E-state index is -2.42. The Hall–Kier alpha value is -2.41. The van der Waals surface area contributed by atoms with Crippen molar-refractivity contribution in [3.63, 3.8) is 0 Å². The summed E-state index contributed by atoms with van der Waals surface area (Å²) in [5.74, 6) is -1.70. The van der Waals surface area contributed by atoms with Crippen LogP contribution in [-0.4, -0.2) is 0 Å². The Morgan fingerprint density at radius 1 is 1.04 bits per heavy atom. The number of hydrogen-bond donors (Lipinski definition) is 0. The second-order valence-corrected chi connectivity index (χ2v) is 7.85. The average molecular weight is 347 g/mol. The zero-order valence-electron chi connectivity index (χ0n) is 20.1. The monoisotopic (exact) mass is 346 g/mol. The molecule has 0 radical (unpaired) electrons. The van der Waals surface area contributed by atoms with Crippen molar-refractivity contribution in [3.8, 4) is 22.4 Å². The first-order chi connectivity index (χ1) is 13.9. The van der Waals surface area contributed by atoms with Gasteiger partial charge in [0.1, 0.15) is 7.05 Å². The number of nitrogens with zero attached hydrogens (tertiary/aromatic N) is 1. The van der Waals surface area contributed by atoms with Crippen molar-refractivity contribution < 1.29 is 10.1 Å². The van der Waals surface area contributed by atoms with Gasteiger partial charge in [-0.2, -0.15) is 0 Å². The quantitative estimate of drug-likeness (QED) is 0.507. The molecule has 0 fully saturated rings.